The van der Waals surface area contributed by atoms with Gasteiger partial charge in [-0.3, -0.25) is 14.5 Å². The Morgan fingerprint density at radius 2 is 1.73 bits per heavy atom. The number of nitrogens with zero attached hydrogens (tertiary/aromatic N) is 3. The van der Waals surface area contributed by atoms with Crippen LogP contribution >= 0.6 is 23.2 Å². The molecule has 0 unspecified atom stereocenters. The van der Waals surface area contributed by atoms with E-state index in [9.17, 15) is 14.9 Å². The van der Waals surface area contributed by atoms with Gasteiger partial charge in [0.25, 0.3) is 0 Å². The lowest BCUT2D eigenvalue weighted by Crippen LogP contribution is -2.36. The zero-order chi connectivity index (χ0) is 24.1. The van der Waals surface area contributed by atoms with Crippen molar-refractivity contribution in [1.82, 2.24) is 9.47 Å². The van der Waals surface area contributed by atoms with E-state index < -0.39 is 0 Å². The molecule has 3 rings (SSSR count). The summed E-state index contributed by atoms with van der Waals surface area (Å²) >= 11 is 12.2. The molecule has 2 heterocycles. The molecular weight excluding hydrogens is 465 g/mol. The van der Waals surface area contributed by atoms with Crippen molar-refractivity contribution in [3.05, 3.63) is 69.2 Å². The number of nitrogens with one attached hydrogen (secondary N) is 2. The first kappa shape index (κ1) is 24.4. The first-order valence-electron chi connectivity index (χ1n) is 10.1. The fourth-order valence-corrected chi connectivity index (χ4v) is 3.89. The third kappa shape index (κ3) is 5.76. The van der Waals surface area contributed by atoms with Crippen molar-refractivity contribution >= 4 is 46.5 Å². The second-order valence-corrected chi connectivity index (χ2v) is 8.39. The average molecular weight is 488 g/mol. The highest BCUT2D eigenvalue weighted by Gasteiger charge is 2.21. The first-order chi connectivity index (χ1) is 15.7. The number of amides is 2. The molecule has 0 spiro atoms. The first-order valence-corrected chi connectivity index (χ1v) is 10.8. The van der Waals surface area contributed by atoms with Gasteiger partial charge in [-0.2, -0.15) is 5.26 Å². The number of aromatic nitrogens is 1. The van der Waals surface area contributed by atoms with Crippen molar-refractivity contribution in [3.63, 3.8) is 0 Å². The smallest absolute Gasteiger partial charge is 0.239 e. The number of rotatable bonds is 8. The van der Waals surface area contributed by atoms with E-state index >= 15 is 0 Å². The molecule has 0 radical (unpaired) electrons. The molecule has 2 amide bonds. The molecule has 0 aliphatic rings. The summed E-state index contributed by atoms with van der Waals surface area (Å²) < 4.78 is 7.25. The van der Waals surface area contributed by atoms with Crippen molar-refractivity contribution < 1.29 is 14.0 Å². The Morgan fingerprint density at radius 3 is 2.30 bits per heavy atom. The lowest BCUT2D eigenvalue weighted by molar-refractivity contribution is -0.119. The van der Waals surface area contributed by atoms with Gasteiger partial charge in [-0.25, -0.2) is 0 Å². The van der Waals surface area contributed by atoms with Crippen LogP contribution in [0.1, 0.15) is 22.6 Å². The molecule has 0 saturated carbocycles. The van der Waals surface area contributed by atoms with Crippen molar-refractivity contribution in [2.45, 2.75) is 20.4 Å². The molecule has 0 saturated heterocycles. The van der Waals surface area contributed by atoms with Crippen molar-refractivity contribution in [3.8, 4) is 6.07 Å². The molecule has 1 aromatic carbocycles. The van der Waals surface area contributed by atoms with Gasteiger partial charge in [0, 0.05) is 5.69 Å². The fraction of sp³-hybridized carbons (Fsp3) is 0.261. The molecule has 8 nitrogen and oxygen atoms in total. The zero-order valence-corrected chi connectivity index (χ0v) is 19.9. The standard InChI is InChI=1S/C23H23Cl2N5O3/c1-14-15(2)30(11-16-6-5-9-33-16)23(17(14)10-26)28-21(32)13-29(3)12-20(31)27-22-18(24)7-4-8-19(22)25/h4-9H,11-13H2,1-3H3,(H,27,31)(H,28,32). The number of carbonyl (C=O) groups excluding carboxylic acids is 2. The largest absolute Gasteiger partial charge is 0.467 e. The van der Waals surface area contributed by atoms with Gasteiger partial charge >= 0.3 is 0 Å². The number of furan rings is 1. The number of para-hydroxylation sites is 1. The lowest BCUT2D eigenvalue weighted by Gasteiger charge is -2.18. The van der Waals surface area contributed by atoms with E-state index in [2.05, 4.69) is 16.7 Å². The third-order valence-electron chi connectivity index (χ3n) is 5.15. The Kier molecular flexibility index (Phi) is 7.82. The van der Waals surface area contributed by atoms with Crippen LogP contribution in [0.25, 0.3) is 0 Å². The molecule has 0 fully saturated rings. The second kappa shape index (κ2) is 10.6. The van der Waals surface area contributed by atoms with Gasteiger partial charge in [0.05, 0.1) is 47.2 Å². The van der Waals surface area contributed by atoms with Gasteiger partial charge in [-0.15, -0.1) is 0 Å². The van der Waals surface area contributed by atoms with Gasteiger partial charge in [0.15, 0.2) is 0 Å². The average Bonchev–Trinajstić information content (AvgIpc) is 3.33. The molecule has 33 heavy (non-hydrogen) atoms. The van der Waals surface area contributed by atoms with Crippen LogP contribution in [0.4, 0.5) is 11.5 Å². The monoisotopic (exact) mass is 487 g/mol. The molecule has 0 atom stereocenters. The Hall–Kier alpha value is -3.25. The highest BCUT2D eigenvalue weighted by Crippen LogP contribution is 2.30. The Labute approximate surface area is 201 Å². The van der Waals surface area contributed by atoms with Crippen LogP contribution in [0.5, 0.6) is 0 Å². The van der Waals surface area contributed by atoms with Gasteiger partial charge in [-0.1, -0.05) is 29.3 Å². The summed E-state index contributed by atoms with van der Waals surface area (Å²) in [5.41, 5.74) is 2.34. The van der Waals surface area contributed by atoms with Crippen molar-refractivity contribution in [1.29, 1.82) is 5.26 Å². The van der Waals surface area contributed by atoms with Crippen molar-refractivity contribution in [2.75, 3.05) is 30.8 Å². The quantitative estimate of drug-likeness (QED) is 0.488. The van der Waals surface area contributed by atoms with E-state index in [1.54, 1.807) is 42.5 Å². The van der Waals surface area contributed by atoms with Crippen LogP contribution in [0.2, 0.25) is 10.0 Å². The van der Waals surface area contributed by atoms with E-state index in [0.29, 0.717) is 39.4 Å². The fourth-order valence-electron chi connectivity index (χ4n) is 3.40. The summed E-state index contributed by atoms with van der Waals surface area (Å²) in [5, 5.41) is 15.8. The normalized spacial score (nSPS) is 10.8. The topological polar surface area (TPSA) is 103 Å². The lowest BCUT2D eigenvalue weighted by atomic mass is 10.2. The van der Waals surface area contributed by atoms with Gasteiger partial charge in [-0.05, 0) is 50.7 Å². The summed E-state index contributed by atoms with van der Waals surface area (Å²) in [7, 11) is 1.64. The van der Waals surface area contributed by atoms with Crippen LogP contribution in [-0.4, -0.2) is 41.4 Å². The molecule has 0 aliphatic carbocycles. The van der Waals surface area contributed by atoms with Crippen LogP contribution in [0.15, 0.2) is 41.0 Å². The molecule has 10 heteroatoms. The number of hydrogen-bond acceptors (Lipinski definition) is 5. The minimum Gasteiger partial charge on any atom is -0.467 e. The van der Waals surface area contributed by atoms with Gasteiger partial charge in [0.2, 0.25) is 11.8 Å². The zero-order valence-electron chi connectivity index (χ0n) is 18.4. The summed E-state index contributed by atoms with van der Waals surface area (Å²) in [5.74, 6) is 0.358. The van der Waals surface area contributed by atoms with Crippen LogP contribution < -0.4 is 10.6 Å². The number of hydrogen-bond donors (Lipinski definition) is 2. The number of likely N-dealkylation sites (N-methyl/N-ethyl adjacent to an activating group) is 1. The summed E-state index contributed by atoms with van der Waals surface area (Å²) in [6.07, 6.45) is 1.57. The van der Waals surface area contributed by atoms with E-state index in [-0.39, 0.29) is 24.9 Å². The van der Waals surface area contributed by atoms with Gasteiger partial charge < -0.3 is 19.6 Å². The van der Waals surface area contributed by atoms with E-state index in [1.165, 1.54) is 0 Å². The third-order valence-corrected chi connectivity index (χ3v) is 5.78. The van der Waals surface area contributed by atoms with Gasteiger partial charge in [0.1, 0.15) is 17.6 Å². The number of benzene rings is 1. The molecule has 0 bridgehead atoms. The van der Waals surface area contributed by atoms with Crippen LogP contribution in [-0.2, 0) is 16.1 Å². The Morgan fingerprint density at radius 1 is 1.09 bits per heavy atom. The van der Waals surface area contributed by atoms with E-state index in [0.717, 1.165) is 11.3 Å². The van der Waals surface area contributed by atoms with E-state index in [4.69, 9.17) is 27.6 Å². The highest BCUT2D eigenvalue weighted by atomic mass is 35.5. The minimum atomic E-state index is -0.370. The molecule has 172 valence electrons. The molecular formula is C23H23Cl2N5O3. The second-order valence-electron chi connectivity index (χ2n) is 7.58. The number of halogens is 2. The van der Waals surface area contributed by atoms with E-state index in [1.807, 2.05) is 24.5 Å². The maximum absolute atomic E-state index is 12.7. The maximum atomic E-state index is 12.7. The Balaban J connectivity index is 1.67. The highest BCUT2D eigenvalue weighted by molar-refractivity contribution is 6.39. The molecule has 3 aromatic rings. The predicted octanol–water partition coefficient (Wildman–Crippen LogP) is 4.43. The minimum absolute atomic E-state index is 0.0639. The summed E-state index contributed by atoms with van der Waals surface area (Å²) in [4.78, 5) is 26.7. The molecule has 2 aromatic heterocycles. The van der Waals surface area contributed by atoms with Crippen LogP contribution in [0, 0.1) is 25.2 Å². The Bertz CT molecular complexity index is 1190. The predicted molar refractivity (Wildman–Crippen MR) is 128 cm³/mol. The summed E-state index contributed by atoms with van der Waals surface area (Å²) in [6, 6.07) is 10.7. The maximum Gasteiger partial charge on any atom is 0.239 e. The number of anilines is 2. The molecule has 0 aliphatic heterocycles. The van der Waals surface area contributed by atoms with Crippen molar-refractivity contribution in [2.24, 2.45) is 0 Å². The SMILES string of the molecule is Cc1c(C#N)c(NC(=O)CN(C)CC(=O)Nc2c(Cl)cccc2Cl)n(Cc2ccco2)c1C. The number of nitriles is 1. The number of carbonyl (C=O) groups is 2. The molecule has 2 N–H and O–H groups in total. The summed E-state index contributed by atoms with van der Waals surface area (Å²) in [6.45, 7) is 3.95. The van der Waals surface area contributed by atoms with Crippen LogP contribution in [0.3, 0.4) is 0 Å².